The summed E-state index contributed by atoms with van der Waals surface area (Å²) in [7, 11) is 0. The smallest absolute Gasteiger partial charge is 0.100 e. The Hall–Kier alpha value is -0.540. The van der Waals surface area contributed by atoms with Crippen molar-refractivity contribution in [2.45, 2.75) is 0 Å². The first kappa shape index (κ1) is 8.56. The van der Waals surface area contributed by atoms with Crippen molar-refractivity contribution in [3.05, 3.63) is 35.3 Å². The molecule has 0 unspecified atom stereocenters. The van der Waals surface area contributed by atoms with Crippen LogP contribution in [-0.4, -0.2) is 9.38 Å². The SMILES string of the molecule is Brc1cccc2cncn12.Cl. The second kappa shape index (κ2) is 3.24. The molecule has 0 radical (unpaired) electrons. The fourth-order valence-corrected chi connectivity index (χ4v) is 1.36. The highest BCUT2D eigenvalue weighted by Crippen LogP contribution is 2.11. The van der Waals surface area contributed by atoms with Crippen molar-refractivity contribution >= 4 is 33.9 Å². The van der Waals surface area contributed by atoms with Crippen molar-refractivity contribution in [3.63, 3.8) is 0 Å². The number of nitrogens with zero attached hydrogens (tertiary/aromatic N) is 2. The standard InChI is InChI=1S/C7H5BrN2.ClH/c8-7-3-1-2-6-4-9-5-10(6)7;/h1-5H;1H. The van der Waals surface area contributed by atoms with Crippen LogP contribution in [0.2, 0.25) is 0 Å². The summed E-state index contributed by atoms with van der Waals surface area (Å²) >= 11 is 3.40. The molecule has 0 atom stereocenters. The van der Waals surface area contributed by atoms with Crippen molar-refractivity contribution in [2.24, 2.45) is 0 Å². The van der Waals surface area contributed by atoms with Crippen LogP contribution in [0.4, 0.5) is 0 Å². The second-order valence-corrected chi connectivity index (χ2v) is 2.85. The zero-order chi connectivity index (χ0) is 6.97. The second-order valence-electron chi connectivity index (χ2n) is 2.04. The number of aromatic nitrogens is 2. The van der Waals surface area contributed by atoms with Gasteiger partial charge >= 0.3 is 0 Å². The summed E-state index contributed by atoms with van der Waals surface area (Å²) in [6.45, 7) is 0. The minimum absolute atomic E-state index is 0. The van der Waals surface area contributed by atoms with Crippen LogP contribution < -0.4 is 0 Å². The molecule has 0 N–H and O–H groups in total. The molecule has 0 amide bonds. The van der Waals surface area contributed by atoms with Gasteiger partial charge in [0, 0.05) is 0 Å². The van der Waals surface area contributed by atoms with Gasteiger partial charge in [0.05, 0.1) is 16.3 Å². The van der Waals surface area contributed by atoms with E-state index in [1.165, 1.54) is 0 Å². The Labute approximate surface area is 78.8 Å². The Bertz CT molecular complexity index is 358. The largest absolute Gasteiger partial charge is 0.293 e. The quantitative estimate of drug-likeness (QED) is 0.639. The number of pyridine rings is 1. The molecule has 2 aromatic heterocycles. The van der Waals surface area contributed by atoms with Gasteiger partial charge in [-0.25, -0.2) is 4.98 Å². The predicted molar refractivity (Wildman–Crippen MR) is 50.1 cm³/mol. The van der Waals surface area contributed by atoms with Gasteiger partial charge in [-0.1, -0.05) is 6.07 Å². The molecule has 0 fully saturated rings. The average Bonchev–Trinajstić information content (AvgIpc) is 2.36. The third-order valence-corrected chi connectivity index (χ3v) is 2.04. The van der Waals surface area contributed by atoms with Crippen LogP contribution in [0.15, 0.2) is 35.3 Å². The summed E-state index contributed by atoms with van der Waals surface area (Å²) in [6, 6.07) is 5.98. The molecule has 0 aliphatic rings. The van der Waals surface area contributed by atoms with Crippen molar-refractivity contribution in [3.8, 4) is 0 Å². The Morgan fingerprint density at radius 2 is 2.18 bits per heavy atom. The number of imidazole rings is 1. The first-order valence-electron chi connectivity index (χ1n) is 2.94. The number of hydrogen-bond acceptors (Lipinski definition) is 1. The van der Waals surface area contributed by atoms with Crippen molar-refractivity contribution in [1.82, 2.24) is 9.38 Å². The molecule has 0 aromatic carbocycles. The normalized spacial score (nSPS) is 9.55. The van der Waals surface area contributed by atoms with Crippen molar-refractivity contribution < 1.29 is 0 Å². The van der Waals surface area contributed by atoms with Gasteiger partial charge in [0.15, 0.2) is 0 Å². The zero-order valence-electron chi connectivity index (χ0n) is 5.57. The summed E-state index contributed by atoms with van der Waals surface area (Å²) in [5.74, 6) is 0. The summed E-state index contributed by atoms with van der Waals surface area (Å²) in [5.41, 5.74) is 1.11. The van der Waals surface area contributed by atoms with Crippen LogP contribution in [0, 0.1) is 0 Å². The Morgan fingerprint density at radius 3 is 2.91 bits per heavy atom. The maximum absolute atomic E-state index is 4.00. The third-order valence-electron chi connectivity index (χ3n) is 1.40. The number of halogens is 2. The summed E-state index contributed by atoms with van der Waals surface area (Å²) in [4.78, 5) is 4.00. The molecule has 0 spiro atoms. The molecule has 0 aliphatic heterocycles. The molecule has 0 bridgehead atoms. The van der Waals surface area contributed by atoms with E-state index in [1.54, 1.807) is 6.33 Å². The molecule has 4 heteroatoms. The molecule has 58 valence electrons. The van der Waals surface area contributed by atoms with E-state index >= 15 is 0 Å². The molecule has 2 heterocycles. The summed E-state index contributed by atoms with van der Waals surface area (Å²) < 4.78 is 3.00. The van der Waals surface area contributed by atoms with Crippen LogP contribution in [0.25, 0.3) is 5.52 Å². The fourth-order valence-electron chi connectivity index (χ4n) is 0.913. The van der Waals surface area contributed by atoms with E-state index in [0.717, 1.165) is 10.1 Å². The monoisotopic (exact) mass is 232 g/mol. The van der Waals surface area contributed by atoms with E-state index < -0.39 is 0 Å². The Morgan fingerprint density at radius 1 is 1.36 bits per heavy atom. The lowest BCUT2D eigenvalue weighted by molar-refractivity contribution is 1.12. The molecule has 0 saturated carbocycles. The van der Waals surface area contributed by atoms with Crippen LogP contribution in [0.3, 0.4) is 0 Å². The van der Waals surface area contributed by atoms with Gasteiger partial charge in [0.2, 0.25) is 0 Å². The molecular weight excluding hydrogens is 227 g/mol. The van der Waals surface area contributed by atoms with Gasteiger partial charge in [0.25, 0.3) is 0 Å². The molecular formula is C7H6BrClN2. The van der Waals surface area contributed by atoms with Gasteiger partial charge < -0.3 is 0 Å². The molecule has 2 rings (SSSR count). The van der Waals surface area contributed by atoms with Gasteiger partial charge in [-0.3, -0.25) is 4.40 Å². The molecule has 11 heavy (non-hydrogen) atoms. The van der Waals surface area contributed by atoms with Crippen molar-refractivity contribution in [2.75, 3.05) is 0 Å². The van der Waals surface area contributed by atoms with E-state index in [9.17, 15) is 0 Å². The summed E-state index contributed by atoms with van der Waals surface area (Å²) in [5, 5.41) is 0. The average molecular weight is 233 g/mol. The number of hydrogen-bond donors (Lipinski definition) is 0. The van der Waals surface area contributed by atoms with Gasteiger partial charge in [-0.15, -0.1) is 12.4 Å². The van der Waals surface area contributed by atoms with E-state index in [2.05, 4.69) is 20.9 Å². The third kappa shape index (κ3) is 1.39. The van der Waals surface area contributed by atoms with Gasteiger partial charge in [0.1, 0.15) is 6.33 Å². The van der Waals surface area contributed by atoms with Crippen LogP contribution >= 0.6 is 28.3 Å². The van der Waals surface area contributed by atoms with E-state index in [1.807, 2.05) is 28.8 Å². The van der Waals surface area contributed by atoms with Crippen molar-refractivity contribution in [1.29, 1.82) is 0 Å². The van der Waals surface area contributed by atoms with E-state index in [0.29, 0.717) is 0 Å². The minimum Gasteiger partial charge on any atom is -0.293 e. The predicted octanol–water partition coefficient (Wildman–Crippen LogP) is 2.52. The van der Waals surface area contributed by atoms with Crippen LogP contribution in [0.5, 0.6) is 0 Å². The lowest BCUT2D eigenvalue weighted by Gasteiger charge is -1.93. The zero-order valence-corrected chi connectivity index (χ0v) is 7.97. The maximum Gasteiger partial charge on any atom is 0.100 e. The Kier molecular flexibility index (Phi) is 2.52. The highest BCUT2D eigenvalue weighted by molar-refractivity contribution is 9.10. The topological polar surface area (TPSA) is 17.3 Å². The highest BCUT2D eigenvalue weighted by atomic mass is 79.9. The fraction of sp³-hybridized carbons (Fsp3) is 0. The van der Waals surface area contributed by atoms with Crippen LogP contribution in [-0.2, 0) is 0 Å². The lowest BCUT2D eigenvalue weighted by atomic mass is 10.4. The molecule has 2 nitrogen and oxygen atoms in total. The van der Waals surface area contributed by atoms with Gasteiger partial charge in [-0.2, -0.15) is 0 Å². The van der Waals surface area contributed by atoms with E-state index in [4.69, 9.17) is 0 Å². The maximum atomic E-state index is 4.00. The molecule has 0 saturated heterocycles. The van der Waals surface area contributed by atoms with Crippen LogP contribution in [0.1, 0.15) is 0 Å². The lowest BCUT2D eigenvalue weighted by Crippen LogP contribution is -1.81. The minimum atomic E-state index is 0. The number of fused-ring (bicyclic) bond motifs is 1. The van der Waals surface area contributed by atoms with E-state index in [-0.39, 0.29) is 12.4 Å². The first-order chi connectivity index (χ1) is 4.88. The molecule has 0 aliphatic carbocycles. The van der Waals surface area contributed by atoms with Gasteiger partial charge in [-0.05, 0) is 28.1 Å². The summed E-state index contributed by atoms with van der Waals surface area (Å²) in [6.07, 6.45) is 3.60. The number of rotatable bonds is 0. The first-order valence-corrected chi connectivity index (χ1v) is 3.74. The molecule has 2 aromatic rings. The highest BCUT2D eigenvalue weighted by Gasteiger charge is 1.93. The Balaban J connectivity index is 0.000000605.